The Morgan fingerprint density at radius 1 is 0.774 bits per heavy atom. The zero-order chi connectivity index (χ0) is 41.4. The van der Waals surface area contributed by atoms with Crippen LogP contribution in [0, 0.1) is 5.92 Å². The van der Waals surface area contributed by atoms with Crippen LogP contribution >= 0.6 is 11.3 Å². The monoisotopic (exact) mass is 829 g/mol. The van der Waals surface area contributed by atoms with E-state index in [4.69, 9.17) is 0 Å². The van der Waals surface area contributed by atoms with Gasteiger partial charge in [-0.2, -0.15) is 0 Å². The van der Waals surface area contributed by atoms with Crippen molar-refractivity contribution in [1.82, 2.24) is 14.7 Å². The van der Waals surface area contributed by atoms with E-state index in [9.17, 15) is 0 Å². The average molecular weight is 830 g/mol. The lowest BCUT2D eigenvalue weighted by Gasteiger charge is -2.71. The van der Waals surface area contributed by atoms with Gasteiger partial charge in [-0.1, -0.05) is 140 Å². The van der Waals surface area contributed by atoms with Gasteiger partial charge in [-0.15, -0.1) is 11.3 Å². The molecule has 4 heteroatoms. The summed E-state index contributed by atoms with van der Waals surface area (Å²) in [7, 11) is 0. The standard InChI is InChI=1S/C58H59N3S/c1-4-57-37-47(58(57,5-2)46-30-15-14-29-45(46)56(3)35-18-19-36-59(56)57)52-54-50(44-34-33-40-25-12-13-26-43(40)53(44)62-54)55-60(48-31-16-17-32-49(48)61(52)55)51-41(38-21-8-6-9-22-38)27-20-28-42(51)39-23-10-7-11-24-39/h6-10,14-15,17-23,27-30,32,35-37,42,51-52,55H,4-5,11-13,16,24-26,31,33-34H2,1-3H3. The van der Waals surface area contributed by atoms with Crippen molar-refractivity contribution >= 4 is 22.5 Å². The molecule has 0 saturated carbocycles. The fourth-order valence-corrected chi connectivity index (χ4v) is 16.5. The van der Waals surface area contributed by atoms with Gasteiger partial charge < -0.3 is 14.7 Å². The van der Waals surface area contributed by atoms with Gasteiger partial charge in [0.2, 0.25) is 0 Å². The Hall–Kier alpha value is -5.06. The zero-order valence-corrected chi connectivity index (χ0v) is 37.6. The van der Waals surface area contributed by atoms with E-state index in [0.29, 0.717) is 5.92 Å². The lowest BCUT2D eigenvalue weighted by molar-refractivity contribution is -0.0192. The van der Waals surface area contributed by atoms with Gasteiger partial charge in [0.25, 0.3) is 0 Å². The van der Waals surface area contributed by atoms with Crippen molar-refractivity contribution in [2.75, 3.05) is 0 Å². The fourth-order valence-electron chi connectivity index (χ4n) is 14.8. The first kappa shape index (κ1) is 37.5. The second-order valence-electron chi connectivity index (χ2n) is 19.8. The number of rotatable bonds is 6. The number of hydrogen-bond donors (Lipinski definition) is 0. The molecule has 7 unspecified atom stereocenters. The number of hydrogen-bond acceptors (Lipinski definition) is 4. The third-order valence-corrected chi connectivity index (χ3v) is 18.7. The molecular formula is C58H59N3S. The van der Waals surface area contributed by atoms with Gasteiger partial charge >= 0.3 is 0 Å². The van der Waals surface area contributed by atoms with E-state index in [0.717, 1.165) is 38.5 Å². The first-order valence-corrected chi connectivity index (χ1v) is 25.0. The first-order valence-electron chi connectivity index (χ1n) is 24.1. The molecule has 6 aliphatic carbocycles. The van der Waals surface area contributed by atoms with Crippen LogP contribution in [0.2, 0.25) is 0 Å². The van der Waals surface area contributed by atoms with E-state index in [1.54, 1.807) is 54.4 Å². The van der Waals surface area contributed by atoms with E-state index in [1.807, 2.05) is 0 Å². The van der Waals surface area contributed by atoms with E-state index >= 15 is 0 Å². The predicted molar refractivity (Wildman–Crippen MR) is 257 cm³/mol. The minimum Gasteiger partial charge on any atom is -0.354 e. The van der Waals surface area contributed by atoms with Crippen LogP contribution in [0.4, 0.5) is 0 Å². The Balaban J connectivity index is 1.07. The quantitative estimate of drug-likeness (QED) is 0.229. The maximum Gasteiger partial charge on any atom is 0.131 e. The van der Waals surface area contributed by atoms with Crippen LogP contribution in [0.5, 0.6) is 0 Å². The van der Waals surface area contributed by atoms with Crippen molar-refractivity contribution in [3.05, 3.63) is 199 Å². The highest BCUT2D eigenvalue weighted by Gasteiger charge is 2.70. The first-order chi connectivity index (χ1) is 30.5. The molecule has 62 heavy (non-hydrogen) atoms. The van der Waals surface area contributed by atoms with Gasteiger partial charge in [0.15, 0.2) is 0 Å². The van der Waals surface area contributed by atoms with Gasteiger partial charge in [-0.25, -0.2) is 0 Å². The molecule has 0 spiro atoms. The van der Waals surface area contributed by atoms with Gasteiger partial charge in [-0.05, 0) is 135 Å². The third-order valence-electron chi connectivity index (χ3n) is 17.4. The minimum absolute atomic E-state index is 0.127. The van der Waals surface area contributed by atoms with Crippen molar-refractivity contribution in [2.45, 2.75) is 133 Å². The molecule has 7 atom stereocenters. The second-order valence-corrected chi connectivity index (χ2v) is 20.8. The molecule has 0 bridgehead atoms. The SMILES string of the molecule is CCC12C(C3c4sc5c(c4C4N3C3=C(CCC=C3)N4C3C(c4ccccc4)=CC=CC3C3=CC=CCC3)CCC3=C5CCCC3)=CC1(CC)N1C=CC=CC1(C)c1ccccc12. The van der Waals surface area contributed by atoms with Crippen molar-refractivity contribution < 1.29 is 0 Å². The number of nitrogens with zero attached hydrogens (tertiary/aromatic N) is 3. The molecule has 1 aromatic heterocycles. The summed E-state index contributed by atoms with van der Waals surface area (Å²) in [6.45, 7) is 7.44. The molecule has 4 aliphatic heterocycles. The summed E-state index contributed by atoms with van der Waals surface area (Å²) in [6.07, 6.45) is 46.3. The van der Waals surface area contributed by atoms with Crippen molar-refractivity contribution in [3.8, 4) is 0 Å². The molecular weight excluding hydrogens is 771 g/mol. The van der Waals surface area contributed by atoms with Crippen LogP contribution in [-0.2, 0) is 17.4 Å². The van der Waals surface area contributed by atoms with Gasteiger partial charge in [-0.3, -0.25) is 0 Å². The second kappa shape index (κ2) is 13.7. The number of fused-ring (bicyclic) bond motifs is 13. The van der Waals surface area contributed by atoms with E-state index in [2.05, 4.69) is 181 Å². The highest BCUT2D eigenvalue weighted by molar-refractivity contribution is 7.13. The Bertz CT molecular complexity index is 2740. The van der Waals surface area contributed by atoms with Crippen LogP contribution in [0.1, 0.15) is 141 Å². The normalized spacial score (nSPS) is 33.1. The van der Waals surface area contributed by atoms with Crippen molar-refractivity contribution in [3.63, 3.8) is 0 Å². The maximum atomic E-state index is 3.04. The van der Waals surface area contributed by atoms with Crippen molar-refractivity contribution in [2.24, 2.45) is 5.92 Å². The average Bonchev–Trinajstić information content (AvgIpc) is 3.97. The summed E-state index contributed by atoms with van der Waals surface area (Å²) in [5, 5.41) is 0. The number of thiophene rings is 1. The minimum atomic E-state index is -0.198. The smallest absolute Gasteiger partial charge is 0.131 e. The Labute approximate surface area is 373 Å². The van der Waals surface area contributed by atoms with Crippen LogP contribution < -0.4 is 0 Å². The Kier molecular flexibility index (Phi) is 8.30. The molecule has 3 aromatic rings. The lowest BCUT2D eigenvalue weighted by atomic mass is 9.44. The highest BCUT2D eigenvalue weighted by atomic mass is 32.1. The molecule has 2 aromatic carbocycles. The lowest BCUT2D eigenvalue weighted by Crippen LogP contribution is -2.73. The molecule has 0 N–H and O–H groups in total. The molecule has 0 radical (unpaired) electrons. The summed E-state index contributed by atoms with van der Waals surface area (Å²) in [6, 6.07) is 21.4. The van der Waals surface area contributed by atoms with Crippen LogP contribution in [0.15, 0.2) is 162 Å². The summed E-state index contributed by atoms with van der Waals surface area (Å²) in [5.41, 5.74) is 18.5. The maximum absolute atomic E-state index is 3.04. The molecule has 0 fully saturated rings. The molecule has 5 heterocycles. The van der Waals surface area contributed by atoms with Gasteiger partial charge in [0.05, 0.1) is 28.9 Å². The fraction of sp³-hybridized carbons (Fsp3) is 0.379. The largest absolute Gasteiger partial charge is 0.354 e. The third kappa shape index (κ3) is 4.67. The molecule has 13 rings (SSSR count). The molecule has 10 aliphatic rings. The molecule has 0 amide bonds. The van der Waals surface area contributed by atoms with Gasteiger partial charge in [0, 0.05) is 38.5 Å². The van der Waals surface area contributed by atoms with Crippen LogP contribution in [-0.4, -0.2) is 26.3 Å². The van der Waals surface area contributed by atoms with Crippen LogP contribution in [0.25, 0.3) is 11.1 Å². The number of benzene rings is 2. The van der Waals surface area contributed by atoms with E-state index in [1.165, 1.54) is 60.9 Å². The van der Waals surface area contributed by atoms with E-state index in [-0.39, 0.29) is 34.7 Å². The zero-order valence-electron chi connectivity index (χ0n) is 36.7. The summed E-state index contributed by atoms with van der Waals surface area (Å²) < 4.78 is 0. The topological polar surface area (TPSA) is 9.72 Å². The summed E-state index contributed by atoms with van der Waals surface area (Å²) in [4.78, 5) is 12.1. The molecule has 3 nitrogen and oxygen atoms in total. The highest BCUT2D eigenvalue weighted by Crippen LogP contribution is 2.72. The predicted octanol–water partition coefficient (Wildman–Crippen LogP) is 14.2. The molecule has 0 saturated heterocycles. The van der Waals surface area contributed by atoms with Crippen LogP contribution in [0.3, 0.4) is 0 Å². The van der Waals surface area contributed by atoms with Gasteiger partial charge in [0.1, 0.15) is 6.17 Å². The Morgan fingerprint density at radius 2 is 1.61 bits per heavy atom. The van der Waals surface area contributed by atoms with Crippen molar-refractivity contribution in [1.29, 1.82) is 0 Å². The summed E-state index contributed by atoms with van der Waals surface area (Å²) >= 11 is 2.22. The summed E-state index contributed by atoms with van der Waals surface area (Å²) in [5.74, 6) is 0.295. The number of allylic oxidation sites excluding steroid dienone is 12. The van der Waals surface area contributed by atoms with E-state index < -0.39 is 0 Å². The Morgan fingerprint density at radius 3 is 2.45 bits per heavy atom. The molecule has 312 valence electrons.